The zero-order valence-electron chi connectivity index (χ0n) is 15.3. The Hall–Kier alpha value is -0.860. The minimum Gasteiger partial charge on any atom is -0.378 e. The predicted octanol–water partition coefficient (Wildman–Crippen LogP) is 4.63. The number of fused-ring (bicyclic) bond motifs is 1. The zero-order chi connectivity index (χ0) is 16.5. The fraction of sp³-hybridized carbons (Fsp3) is 0.714. The largest absolute Gasteiger partial charge is 0.378 e. The second kappa shape index (κ2) is 6.57. The average molecular weight is 316 g/mol. The normalized spacial score (nSPS) is 35.3. The van der Waals surface area contributed by atoms with Gasteiger partial charge in [0.05, 0.1) is 5.60 Å². The third kappa shape index (κ3) is 3.49. The fourth-order valence-corrected chi connectivity index (χ4v) is 4.97. The monoisotopic (exact) mass is 315 g/mol. The van der Waals surface area contributed by atoms with Gasteiger partial charge in [0.25, 0.3) is 0 Å². The van der Waals surface area contributed by atoms with Crippen molar-refractivity contribution in [3.63, 3.8) is 0 Å². The highest BCUT2D eigenvalue weighted by Crippen LogP contribution is 2.43. The van der Waals surface area contributed by atoms with Crippen LogP contribution in [0.2, 0.25) is 0 Å². The number of hydrogen-bond donors (Lipinski definition) is 0. The molecule has 0 aromatic heterocycles. The van der Waals surface area contributed by atoms with E-state index in [1.807, 2.05) is 7.11 Å². The van der Waals surface area contributed by atoms with Crippen LogP contribution in [0.15, 0.2) is 30.3 Å². The molecule has 1 aromatic carbocycles. The molecule has 128 valence electrons. The molecule has 0 radical (unpaired) electrons. The maximum atomic E-state index is 6.05. The highest BCUT2D eigenvalue weighted by atomic mass is 16.5. The number of piperidine rings is 2. The van der Waals surface area contributed by atoms with Crippen molar-refractivity contribution in [2.75, 3.05) is 20.2 Å². The van der Waals surface area contributed by atoms with E-state index in [0.29, 0.717) is 17.4 Å². The summed E-state index contributed by atoms with van der Waals surface area (Å²) in [5, 5.41) is 0. The summed E-state index contributed by atoms with van der Waals surface area (Å²) in [6, 6.07) is 11.8. The van der Waals surface area contributed by atoms with Crippen molar-refractivity contribution in [3.05, 3.63) is 35.9 Å². The van der Waals surface area contributed by atoms with Crippen LogP contribution in [0.5, 0.6) is 0 Å². The van der Waals surface area contributed by atoms with E-state index in [9.17, 15) is 0 Å². The van der Waals surface area contributed by atoms with Gasteiger partial charge in [-0.1, -0.05) is 51.1 Å². The van der Waals surface area contributed by atoms with Gasteiger partial charge in [-0.2, -0.15) is 0 Å². The third-order valence-corrected chi connectivity index (χ3v) is 6.24. The van der Waals surface area contributed by atoms with Crippen molar-refractivity contribution >= 4 is 0 Å². The molecule has 0 aliphatic carbocycles. The summed E-state index contributed by atoms with van der Waals surface area (Å²) in [6.07, 6.45) is 6.19. The lowest BCUT2D eigenvalue weighted by molar-refractivity contribution is -0.101. The van der Waals surface area contributed by atoms with Crippen LogP contribution in [-0.4, -0.2) is 36.7 Å². The number of nitrogens with zero attached hydrogens (tertiary/aromatic N) is 1. The van der Waals surface area contributed by atoms with Crippen LogP contribution in [0.1, 0.15) is 58.4 Å². The molecule has 0 N–H and O–H groups in total. The first-order valence-corrected chi connectivity index (χ1v) is 9.31. The maximum Gasteiger partial charge on any atom is 0.0708 e. The highest BCUT2D eigenvalue weighted by Gasteiger charge is 2.45. The van der Waals surface area contributed by atoms with Crippen LogP contribution in [-0.2, 0) is 10.2 Å². The summed E-state index contributed by atoms with van der Waals surface area (Å²) in [4.78, 5) is 2.74. The van der Waals surface area contributed by atoms with E-state index in [1.54, 1.807) is 0 Å². The lowest BCUT2D eigenvalue weighted by Crippen LogP contribution is -2.57. The van der Waals surface area contributed by atoms with E-state index in [1.165, 1.54) is 50.8 Å². The Labute approximate surface area is 142 Å². The van der Waals surface area contributed by atoms with Crippen LogP contribution < -0.4 is 0 Å². The number of rotatable bonds is 4. The van der Waals surface area contributed by atoms with E-state index in [4.69, 9.17) is 4.74 Å². The van der Waals surface area contributed by atoms with E-state index < -0.39 is 0 Å². The Balaban J connectivity index is 1.71. The predicted molar refractivity (Wildman–Crippen MR) is 96.8 cm³/mol. The van der Waals surface area contributed by atoms with Crippen LogP contribution >= 0.6 is 0 Å². The fourth-order valence-electron chi connectivity index (χ4n) is 4.97. The molecule has 2 saturated heterocycles. The molecule has 0 saturated carbocycles. The molecule has 3 atom stereocenters. The Morgan fingerprint density at radius 1 is 1.22 bits per heavy atom. The van der Waals surface area contributed by atoms with Crippen molar-refractivity contribution in [1.29, 1.82) is 0 Å². The first-order valence-electron chi connectivity index (χ1n) is 9.31. The molecule has 2 fully saturated rings. The van der Waals surface area contributed by atoms with Crippen LogP contribution in [0.4, 0.5) is 0 Å². The number of methoxy groups -OCH3 is 1. The van der Waals surface area contributed by atoms with Crippen LogP contribution in [0.25, 0.3) is 0 Å². The van der Waals surface area contributed by atoms with E-state index >= 15 is 0 Å². The number of hydrogen-bond acceptors (Lipinski definition) is 2. The first kappa shape index (κ1) is 17.0. The molecule has 23 heavy (non-hydrogen) atoms. The quantitative estimate of drug-likeness (QED) is 0.803. The second-order valence-electron chi connectivity index (χ2n) is 8.53. The van der Waals surface area contributed by atoms with Gasteiger partial charge in [-0.3, -0.25) is 4.90 Å². The SMILES string of the molecule is COC1(CC(C)C)CCN2CC(C)(c3ccccc3)CCC2C1. The molecular weight excluding hydrogens is 282 g/mol. The zero-order valence-corrected chi connectivity index (χ0v) is 15.3. The molecule has 2 heteroatoms. The first-order chi connectivity index (χ1) is 11.0. The lowest BCUT2D eigenvalue weighted by Gasteiger charge is -2.53. The summed E-state index contributed by atoms with van der Waals surface area (Å²) >= 11 is 0. The molecule has 1 aromatic rings. The van der Waals surface area contributed by atoms with Crippen LogP contribution in [0, 0.1) is 5.92 Å². The summed E-state index contributed by atoms with van der Waals surface area (Å²) in [5.74, 6) is 0.708. The van der Waals surface area contributed by atoms with Gasteiger partial charge in [0, 0.05) is 31.7 Å². The van der Waals surface area contributed by atoms with E-state index in [0.717, 1.165) is 0 Å². The maximum absolute atomic E-state index is 6.05. The topological polar surface area (TPSA) is 12.5 Å². The molecule has 3 rings (SSSR count). The summed E-state index contributed by atoms with van der Waals surface area (Å²) in [5.41, 5.74) is 1.93. The van der Waals surface area contributed by atoms with Gasteiger partial charge < -0.3 is 4.74 Å². The Morgan fingerprint density at radius 2 is 1.96 bits per heavy atom. The molecule has 0 amide bonds. The summed E-state index contributed by atoms with van der Waals surface area (Å²) in [6.45, 7) is 9.47. The van der Waals surface area contributed by atoms with Gasteiger partial charge in [0.2, 0.25) is 0 Å². The van der Waals surface area contributed by atoms with Gasteiger partial charge in [0.15, 0.2) is 0 Å². The molecule has 0 bridgehead atoms. The van der Waals surface area contributed by atoms with Crippen molar-refractivity contribution in [3.8, 4) is 0 Å². The highest BCUT2D eigenvalue weighted by molar-refractivity contribution is 5.26. The molecule has 0 spiro atoms. The van der Waals surface area contributed by atoms with Gasteiger partial charge in [0.1, 0.15) is 0 Å². The summed E-state index contributed by atoms with van der Waals surface area (Å²) in [7, 11) is 1.93. The number of benzene rings is 1. The van der Waals surface area contributed by atoms with Gasteiger partial charge in [-0.05, 0) is 43.6 Å². The standard InChI is InChI=1S/C21H33NO/c1-17(2)14-21(23-4)12-13-22-16-20(3,11-10-19(22)15-21)18-8-6-5-7-9-18/h5-9,17,19H,10-16H2,1-4H3. The molecule has 2 aliphatic heterocycles. The van der Waals surface area contributed by atoms with Gasteiger partial charge in [-0.25, -0.2) is 0 Å². The van der Waals surface area contributed by atoms with Crippen molar-refractivity contribution in [1.82, 2.24) is 4.90 Å². The van der Waals surface area contributed by atoms with Gasteiger partial charge >= 0.3 is 0 Å². The minimum absolute atomic E-state index is 0.121. The molecule has 2 heterocycles. The molecular formula is C21H33NO. The Kier molecular flexibility index (Phi) is 4.85. The Bertz CT molecular complexity index is 514. The third-order valence-electron chi connectivity index (χ3n) is 6.24. The molecule has 2 aliphatic rings. The molecule has 3 unspecified atom stereocenters. The summed E-state index contributed by atoms with van der Waals surface area (Å²) < 4.78 is 6.05. The van der Waals surface area contributed by atoms with Crippen molar-refractivity contribution in [2.45, 2.75) is 69.9 Å². The van der Waals surface area contributed by atoms with E-state index in [2.05, 4.69) is 56.0 Å². The Morgan fingerprint density at radius 3 is 2.61 bits per heavy atom. The van der Waals surface area contributed by atoms with Crippen LogP contribution in [0.3, 0.4) is 0 Å². The minimum atomic E-state index is 0.121. The molecule has 2 nitrogen and oxygen atoms in total. The van der Waals surface area contributed by atoms with E-state index in [-0.39, 0.29) is 5.60 Å². The second-order valence-corrected chi connectivity index (χ2v) is 8.53. The number of ether oxygens (including phenoxy) is 1. The lowest BCUT2D eigenvalue weighted by atomic mass is 9.70. The van der Waals surface area contributed by atoms with Crippen molar-refractivity contribution in [2.24, 2.45) is 5.92 Å². The van der Waals surface area contributed by atoms with Gasteiger partial charge in [-0.15, -0.1) is 0 Å². The smallest absolute Gasteiger partial charge is 0.0708 e. The average Bonchev–Trinajstić information content (AvgIpc) is 2.55. The van der Waals surface area contributed by atoms with Crippen molar-refractivity contribution < 1.29 is 4.74 Å².